The van der Waals surface area contributed by atoms with E-state index in [1.807, 2.05) is 0 Å². The van der Waals surface area contributed by atoms with Crippen molar-refractivity contribution in [1.82, 2.24) is 9.55 Å². The van der Waals surface area contributed by atoms with Gasteiger partial charge in [0.25, 0.3) is 5.56 Å². The van der Waals surface area contributed by atoms with Crippen molar-refractivity contribution in [3.63, 3.8) is 0 Å². The Bertz CT molecular complexity index is 466. The quantitative estimate of drug-likeness (QED) is 0.734. The van der Waals surface area contributed by atoms with Crippen LogP contribution in [0.4, 0.5) is 19.1 Å². The third-order valence-electron chi connectivity index (χ3n) is 2.48. The third-order valence-corrected chi connectivity index (χ3v) is 2.48. The van der Waals surface area contributed by atoms with E-state index in [1.165, 1.54) is 10.6 Å². The lowest BCUT2D eigenvalue weighted by atomic mass is 10.1. The van der Waals surface area contributed by atoms with Gasteiger partial charge in [0, 0.05) is 18.3 Å². The van der Waals surface area contributed by atoms with Gasteiger partial charge in [0.2, 0.25) is 5.95 Å². The molecule has 4 nitrogen and oxygen atoms in total. The lowest BCUT2D eigenvalue weighted by Crippen LogP contribution is -2.44. The van der Waals surface area contributed by atoms with Crippen LogP contribution in [0.15, 0.2) is 10.9 Å². The summed E-state index contributed by atoms with van der Waals surface area (Å²) in [6, 6.07) is -0.319. The Labute approximate surface area is 89.1 Å². The van der Waals surface area contributed by atoms with Crippen LogP contribution in [0.3, 0.4) is 0 Å². The minimum atomic E-state index is -4.31. The van der Waals surface area contributed by atoms with Crippen LogP contribution in [0.1, 0.15) is 12.1 Å². The Morgan fingerprint density at radius 3 is 2.88 bits per heavy atom. The molecule has 0 spiro atoms. The van der Waals surface area contributed by atoms with Gasteiger partial charge in [-0.2, -0.15) is 13.2 Å². The van der Waals surface area contributed by atoms with E-state index in [9.17, 15) is 18.0 Å². The highest BCUT2D eigenvalue weighted by molar-refractivity contribution is 5.31. The topological polar surface area (TPSA) is 46.9 Å². The summed E-state index contributed by atoms with van der Waals surface area (Å²) >= 11 is 0. The Hall–Kier alpha value is -1.53. The van der Waals surface area contributed by atoms with E-state index in [-0.39, 0.29) is 24.5 Å². The zero-order chi connectivity index (χ0) is 11.9. The lowest BCUT2D eigenvalue weighted by molar-refractivity contribution is -0.145. The first-order chi connectivity index (χ1) is 7.38. The van der Waals surface area contributed by atoms with Crippen LogP contribution in [0.25, 0.3) is 0 Å². The number of anilines is 1. The largest absolute Gasteiger partial charge is 0.408 e. The van der Waals surface area contributed by atoms with Gasteiger partial charge in [-0.1, -0.05) is 0 Å². The molecule has 0 amide bonds. The maximum Gasteiger partial charge on any atom is 0.408 e. The third kappa shape index (κ3) is 1.89. The minimum absolute atomic E-state index is 0.00132. The molecule has 7 heteroatoms. The normalized spacial score (nSPS) is 20.1. The first kappa shape index (κ1) is 11.0. The highest BCUT2D eigenvalue weighted by Crippen LogP contribution is 2.28. The molecule has 0 aromatic carbocycles. The molecule has 16 heavy (non-hydrogen) atoms. The van der Waals surface area contributed by atoms with E-state index in [1.54, 1.807) is 6.92 Å². The molecule has 0 unspecified atom stereocenters. The number of alkyl halides is 3. The summed E-state index contributed by atoms with van der Waals surface area (Å²) in [7, 11) is 0. The second kappa shape index (κ2) is 3.50. The van der Waals surface area contributed by atoms with Crippen molar-refractivity contribution in [2.45, 2.75) is 32.1 Å². The van der Waals surface area contributed by atoms with E-state index in [0.717, 1.165) is 0 Å². The van der Waals surface area contributed by atoms with Crippen LogP contribution >= 0.6 is 0 Å². The highest BCUT2D eigenvalue weighted by Gasteiger charge is 2.41. The molecule has 1 aliphatic heterocycles. The number of halogens is 3. The monoisotopic (exact) mass is 233 g/mol. The molecule has 0 bridgehead atoms. The van der Waals surface area contributed by atoms with Crippen molar-refractivity contribution in [2.24, 2.45) is 0 Å². The smallest absolute Gasteiger partial charge is 0.344 e. The van der Waals surface area contributed by atoms with Crippen molar-refractivity contribution in [3.05, 3.63) is 22.1 Å². The number of rotatable bonds is 0. The predicted molar refractivity (Wildman–Crippen MR) is 51.3 cm³/mol. The summed E-state index contributed by atoms with van der Waals surface area (Å²) < 4.78 is 38.6. The maximum atomic E-state index is 12.5. The van der Waals surface area contributed by atoms with Gasteiger partial charge in [0.05, 0.1) is 0 Å². The number of nitrogens with one attached hydrogen (secondary N) is 1. The van der Waals surface area contributed by atoms with Gasteiger partial charge in [0.15, 0.2) is 0 Å². The molecule has 1 aliphatic rings. The van der Waals surface area contributed by atoms with Gasteiger partial charge < -0.3 is 5.32 Å². The van der Waals surface area contributed by atoms with Crippen molar-refractivity contribution in [1.29, 1.82) is 0 Å². The summed E-state index contributed by atoms with van der Waals surface area (Å²) in [6.07, 6.45) is -4.46. The summed E-state index contributed by atoms with van der Waals surface area (Å²) in [5, 5.41) is 2.25. The van der Waals surface area contributed by atoms with Crippen LogP contribution in [0.5, 0.6) is 0 Å². The summed E-state index contributed by atoms with van der Waals surface area (Å²) in [4.78, 5) is 15.3. The number of aryl methyl sites for hydroxylation is 1. The summed E-state index contributed by atoms with van der Waals surface area (Å²) in [5.41, 5.74) is 0.0854. The van der Waals surface area contributed by atoms with Gasteiger partial charge in [-0.3, -0.25) is 9.36 Å². The van der Waals surface area contributed by atoms with E-state index >= 15 is 0 Å². The van der Waals surface area contributed by atoms with Gasteiger partial charge in [-0.05, 0) is 13.3 Å². The van der Waals surface area contributed by atoms with E-state index in [0.29, 0.717) is 5.69 Å². The van der Waals surface area contributed by atoms with Crippen molar-refractivity contribution in [3.8, 4) is 0 Å². The fourth-order valence-electron chi connectivity index (χ4n) is 1.68. The molecule has 88 valence electrons. The molecule has 1 atom stereocenters. The Morgan fingerprint density at radius 1 is 1.56 bits per heavy atom. The molecule has 1 N–H and O–H groups in total. The molecule has 0 fully saturated rings. The molecule has 0 saturated carbocycles. The fraction of sp³-hybridized carbons (Fsp3) is 0.556. The second-order valence-corrected chi connectivity index (χ2v) is 3.74. The number of nitrogens with zero attached hydrogens (tertiary/aromatic N) is 2. The number of hydrogen-bond donors (Lipinski definition) is 1. The minimum Gasteiger partial charge on any atom is -0.344 e. The number of fused-ring (bicyclic) bond motifs is 1. The van der Waals surface area contributed by atoms with Crippen molar-refractivity contribution < 1.29 is 13.2 Å². The van der Waals surface area contributed by atoms with E-state index < -0.39 is 12.2 Å². The average Bonchev–Trinajstić information content (AvgIpc) is 2.15. The van der Waals surface area contributed by atoms with Gasteiger partial charge in [-0.15, -0.1) is 0 Å². The summed E-state index contributed by atoms with van der Waals surface area (Å²) in [6.45, 7) is 1.61. The van der Waals surface area contributed by atoms with Gasteiger partial charge in [0.1, 0.15) is 6.04 Å². The Morgan fingerprint density at radius 2 is 2.25 bits per heavy atom. The Balaban J connectivity index is 2.37. The lowest BCUT2D eigenvalue weighted by Gasteiger charge is -2.28. The molecule has 1 aromatic rings. The molecule has 2 heterocycles. The molecular weight excluding hydrogens is 223 g/mol. The maximum absolute atomic E-state index is 12.5. The molecular formula is C9H10F3N3O. The van der Waals surface area contributed by atoms with E-state index in [2.05, 4.69) is 10.3 Å². The molecule has 0 radical (unpaired) electrons. The average molecular weight is 233 g/mol. The molecule has 0 saturated heterocycles. The van der Waals surface area contributed by atoms with Gasteiger partial charge in [-0.25, -0.2) is 4.98 Å². The predicted octanol–water partition coefficient (Wildman–Crippen LogP) is 1.30. The number of aromatic nitrogens is 2. The zero-order valence-electron chi connectivity index (χ0n) is 8.51. The standard InChI is InChI=1S/C9H10F3N3O/c1-5-4-7(16)15-3-2-6(9(10,11)12)14-8(15)13-5/h4,6H,2-3H2,1H3,(H,13,14)/t6-/m1/s1. The van der Waals surface area contributed by atoms with Crippen LogP contribution in [0.2, 0.25) is 0 Å². The van der Waals surface area contributed by atoms with Crippen LogP contribution in [-0.4, -0.2) is 21.8 Å². The SMILES string of the molecule is Cc1cc(=O)n2c(n1)N[C@@H](C(F)(F)F)CC2. The molecule has 2 rings (SSSR count). The molecule has 1 aromatic heterocycles. The van der Waals surface area contributed by atoms with Crippen LogP contribution in [-0.2, 0) is 6.54 Å². The fourth-order valence-corrected chi connectivity index (χ4v) is 1.68. The summed E-state index contributed by atoms with van der Waals surface area (Å²) in [5.74, 6) is -0.00132. The zero-order valence-corrected chi connectivity index (χ0v) is 8.51. The Kier molecular flexibility index (Phi) is 2.40. The first-order valence-electron chi connectivity index (χ1n) is 4.79. The second-order valence-electron chi connectivity index (χ2n) is 3.74. The van der Waals surface area contributed by atoms with E-state index in [4.69, 9.17) is 0 Å². The number of hydrogen-bond acceptors (Lipinski definition) is 3. The van der Waals surface area contributed by atoms with Gasteiger partial charge >= 0.3 is 6.18 Å². The first-order valence-corrected chi connectivity index (χ1v) is 4.79. The van der Waals surface area contributed by atoms with Crippen LogP contribution in [0, 0.1) is 6.92 Å². The van der Waals surface area contributed by atoms with Crippen molar-refractivity contribution in [2.75, 3.05) is 5.32 Å². The highest BCUT2D eigenvalue weighted by atomic mass is 19.4. The van der Waals surface area contributed by atoms with Crippen LogP contribution < -0.4 is 10.9 Å². The molecule has 0 aliphatic carbocycles. The van der Waals surface area contributed by atoms with Crippen molar-refractivity contribution >= 4 is 5.95 Å².